The number of hydrogen-bond donors (Lipinski definition) is 2. The molecule has 0 bridgehead atoms. The fourth-order valence-electron chi connectivity index (χ4n) is 2.85. The Balaban J connectivity index is 2.35. The van der Waals surface area contributed by atoms with Crippen LogP contribution in [0.2, 0.25) is 0 Å². The van der Waals surface area contributed by atoms with Crippen LogP contribution in [0.3, 0.4) is 0 Å². The van der Waals surface area contributed by atoms with Crippen LogP contribution in [-0.2, 0) is 4.79 Å². The molecule has 1 saturated carbocycles. The molecule has 1 atom stereocenters. The number of carboxylic acids is 1. The molecule has 0 spiro atoms. The highest BCUT2D eigenvalue weighted by atomic mass is 16.4. The van der Waals surface area contributed by atoms with Crippen LogP contribution < -0.4 is 5.32 Å². The Kier molecular flexibility index (Phi) is 6.13. The Morgan fingerprint density at radius 3 is 2.50 bits per heavy atom. The number of nitrogens with one attached hydrogen (secondary N) is 1. The molecule has 0 aromatic rings. The zero-order valence-electron chi connectivity index (χ0n) is 12.2. The van der Waals surface area contributed by atoms with Crippen molar-refractivity contribution in [2.45, 2.75) is 71.8 Å². The minimum atomic E-state index is -0.697. The molecule has 3 nitrogen and oxygen atoms in total. The van der Waals surface area contributed by atoms with Gasteiger partial charge < -0.3 is 10.4 Å². The minimum absolute atomic E-state index is 0.599. The molecular weight excluding hydrogens is 226 g/mol. The van der Waals surface area contributed by atoms with E-state index in [4.69, 9.17) is 5.11 Å². The highest BCUT2D eigenvalue weighted by Crippen LogP contribution is 2.30. The number of carbonyl (C=O) groups is 1. The summed E-state index contributed by atoms with van der Waals surface area (Å²) in [5.74, 6) is 0.120. The van der Waals surface area contributed by atoms with Gasteiger partial charge in [-0.25, -0.2) is 0 Å². The summed E-state index contributed by atoms with van der Waals surface area (Å²) in [6.45, 7) is 6.66. The summed E-state index contributed by atoms with van der Waals surface area (Å²) >= 11 is 0. The van der Waals surface area contributed by atoms with Crippen molar-refractivity contribution >= 4 is 5.97 Å². The van der Waals surface area contributed by atoms with Gasteiger partial charge >= 0.3 is 5.97 Å². The van der Waals surface area contributed by atoms with Gasteiger partial charge in [0.05, 0.1) is 5.41 Å². The second-order valence-electron chi connectivity index (χ2n) is 6.33. The van der Waals surface area contributed by atoms with Crippen LogP contribution in [0.1, 0.15) is 65.7 Å². The lowest BCUT2D eigenvalue weighted by molar-refractivity contribution is -0.147. The van der Waals surface area contributed by atoms with Crippen LogP contribution in [0, 0.1) is 11.3 Å². The molecule has 0 heterocycles. The maximum absolute atomic E-state index is 11.1. The number of carboxylic acid groups (broad SMARTS) is 1. The minimum Gasteiger partial charge on any atom is -0.481 e. The number of rotatable bonds is 8. The van der Waals surface area contributed by atoms with Crippen molar-refractivity contribution in [3.8, 4) is 0 Å². The fraction of sp³-hybridized carbons (Fsp3) is 0.933. The highest BCUT2D eigenvalue weighted by Gasteiger charge is 2.28. The van der Waals surface area contributed by atoms with E-state index in [0.717, 1.165) is 12.5 Å². The third-order valence-electron chi connectivity index (χ3n) is 4.30. The average molecular weight is 255 g/mol. The molecule has 2 N–H and O–H groups in total. The summed E-state index contributed by atoms with van der Waals surface area (Å²) in [5, 5.41) is 12.7. The van der Waals surface area contributed by atoms with Crippen LogP contribution in [-0.4, -0.2) is 23.7 Å². The van der Waals surface area contributed by atoms with Crippen LogP contribution in [0.4, 0.5) is 0 Å². The van der Waals surface area contributed by atoms with E-state index in [1.54, 1.807) is 13.8 Å². The van der Waals surface area contributed by atoms with Crippen LogP contribution in [0.5, 0.6) is 0 Å². The van der Waals surface area contributed by atoms with Crippen LogP contribution in [0.15, 0.2) is 0 Å². The standard InChI is InChI=1S/C15H29NO2/c1-4-7-13(12-8-5-6-9-12)16-11-10-15(2,3)14(17)18/h12-13,16H,4-11H2,1-3H3,(H,17,18). The highest BCUT2D eigenvalue weighted by molar-refractivity contribution is 5.73. The predicted octanol–water partition coefficient (Wildman–Crippen LogP) is 3.44. The summed E-state index contributed by atoms with van der Waals surface area (Å²) < 4.78 is 0. The average Bonchev–Trinajstić information content (AvgIpc) is 2.80. The molecule has 1 rings (SSSR count). The molecule has 1 fully saturated rings. The molecule has 0 saturated heterocycles. The topological polar surface area (TPSA) is 49.3 Å². The van der Waals surface area contributed by atoms with Crippen LogP contribution >= 0.6 is 0 Å². The van der Waals surface area contributed by atoms with Crippen molar-refractivity contribution in [2.24, 2.45) is 11.3 Å². The maximum atomic E-state index is 11.1. The molecule has 1 unspecified atom stereocenters. The first-order chi connectivity index (χ1) is 8.47. The third-order valence-corrected chi connectivity index (χ3v) is 4.30. The molecule has 0 aromatic heterocycles. The van der Waals surface area contributed by atoms with Gasteiger partial charge in [-0.05, 0) is 52.0 Å². The zero-order valence-corrected chi connectivity index (χ0v) is 12.2. The molecule has 1 aliphatic rings. The van der Waals surface area contributed by atoms with E-state index in [1.165, 1.54) is 38.5 Å². The van der Waals surface area contributed by atoms with E-state index in [9.17, 15) is 4.79 Å². The van der Waals surface area contributed by atoms with Gasteiger partial charge in [-0.15, -0.1) is 0 Å². The first kappa shape index (κ1) is 15.5. The lowest BCUT2D eigenvalue weighted by atomic mass is 9.88. The summed E-state index contributed by atoms with van der Waals surface area (Å²) in [7, 11) is 0. The van der Waals surface area contributed by atoms with Gasteiger partial charge in [0.15, 0.2) is 0 Å². The SMILES string of the molecule is CCCC(NCCC(C)(C)C(=O)O)C1CCCC1. The second-order valence-corrected chi connectivity index (χ2v) is 6.33. The Morgan fingerprint density at radius 2 is 2.00 bits per heavy atom. The molecule has 0 radical (unpaired) electrons. The molecule has 1 aliphatic carbocycles. The van der Waals surface area contributed by atoms with E-state index < -0.39 is 11.4 Å². The summed E-state index contributed by atoms with van der Waals surface area (Å²) in [6.07, 6.45) is 8.56. The maximum Gasteiger partial charge on any atom is 0.309 e. The molecule has 0 amide bonds. The van der Waals surface area contributed by atoms with Crippen molar-refractivity contribution in [3.63, 3.8) is 0 Å². The Hall–Kier alpha value is -0.570. The summed E-state index contributed by atoms with van der Waals surface area (Å²) in [6, 6.07) is 0.599. The first-order valence-corrected chi connectivity index (χ1v) is 7.44. The van der Waals surface area contributed by atoms with E-state index in [2.05, 4.69) is 12.2 Å². The molecule has 18 heavy (non-hydrogen) atoms. The van der Waals surface area contributed by atoms with Gasteiger partial charge in [0.25, 0.3) is 0 Å². The van der Waals surface area contributed by atoms with Gasteiger partial charge in [0.1, 0.15) is 0 Å². The monoisotopic (exact) mass is 255 g/mol. The van der Waals surface area contributed by atoms with Crippen molar-refractivity contribution < 1.29 is 9.90 Å². The fourth-order valence-corrected chi connectivity index (χ4v) is 2.85. The second kappa shape index (κ2) is 7.13. The summed E-state index contributed by atoms with van der Waals surface area (Å²) in [5.41, 5.74) is -0.612. The molecule has 0 aliphatic heterocycles. The molecule has 106 valence electrons. The van der Waals surface area contributed by atoms with Gasteiger partial charge in [-0.1, -0.05) is 26.2 Å². The van der Waals surface area contributed by atoms with Crippen molar-refractivity contribution in [3.05, 3.63) is 0 Å². The molecule has 0 aromatic carbocycles. The first-order valence-electron chi connectivity index (χ1n) is 7.44. The largest absolute Gasteiger partial charge is 0.481 e. The summed E-state index contributed by atoms with van der Waals surface area (Å²) in [4.78, 5) is 11.1. The zero-order chi connectivity index (χ0) is 13.6. The van der Waals surface area contributed by atoms with E-state index in [0.29, 0.717) is 12.5 Å². The van der Waals surface area contributed by atoms with E-state index in [-0.39, 0.29) is 0 Å². The Bertz CT molecular complexity index is 257. The lowest BCUT2D eigenvalue weighted by Crippen LogP contribution is -2.38. The number of aliphatic carboxylic acids is 1. The molecule has 3 heteroatoms. The van der Waals surface area contributed by atoms with Gasteiger partial charge in [0.2, 0.25) is 0 Å². The third kappa shape index (κ3) is 4.60. The van der Waals surface area contributed by atoms with Gasteiger partial charge in [0, 0.05) is 6.04 Å². The van der Waals surface area contributed by atoms with E-state index in [1.807, 2.05) is 0 Å². The predicted molar refractivity (Wildman–Crippen MR) is 74.7 cm³/mol. The quantitative estimate of drug-likeness (QED) is 0.698. The Morgan fingerprint density at radius 1 is 1.39 bits per heavy atom. The molecular formula is C15H29NO2. The van der Waals surface area contributed by atoms with E-state index >= 15 is 0 Å². The Labute approximate surface area is 111 Å². The van der Waals surface area contributed by atoms with Gasteiger partial charge in [-0.3, -0.25) is 4.79 Å². The number of hydrogen-bond acceptors (Lipinski definition) is 2. The smallest absolute Gasteiger partial charge is 0.309 e. The van der Waals surface area contributed by atoms with Crippen molar-refractivity contribution in [2.75, 3.05) is 6.54 Å². The normalized spacial score (nSPS) is 19.1. The van der Waals surface area contributed by atoms with Crippen LogP contribution in [0.25, 0.3) is 0 Å². The van der Waals surface area contributed by atoms with Crippen molar-refractivity contribution in [1.82, 2.24) is 5.32 Å². The lowest BCUT2D eigenvalue weighted by Gasteiger charge is -2.26. The van der Waals surface area contributed by atoms with Crippen molar-refractivity contribution in [1.29, 1.82) is 0 Å². The van der Waals surface area contributed by atoms with Gasteiger partial charge in [-0.2, -0.15) is 0 Å².